The minimum atomic E-state index is -3.46. The van der Waals surface area contributed by atoms with E-state index >= 15 is 0 Å². The van der Waals surface area contributed by atoms with Gasteiger partial charge in [0.05, 0.1) is 0 Å². The molecule has 1 rings (SSSR count). The van der Waals surface area contributed by atoms with Crippen LogP contribution in [0.1, 0.15) is 18.6 Å². The smallest absolute Gasteiger partial charge is 0.165 e. The summed E-state index contributed by atoms with van der Waals surface area (Å²) in [6.07, 6.45) is -1.41. The summed E-state index contributed by atoms with van der Waals surface area (Å²) in [7, 11) is -3.46. The number of aliphatic hydroxyl groups is 1. The highest BCUT2D eigenvalue weighted by Crippen LogP contribution is 2.28. The Morgan fingerprint density at radius 3 is 2.50 bits per heavy atom. The van der Waals surface area contributed by atoms with Gasteiger partial charge in [0.25, 0.3) is 0 Å². The SMILES string of the molecule is CCS(=O)(=O)[C@H](Br)[C@H](O)c1ccccc1F. The predicted molar refractivity (Wildman–Crippen MR) is 63.5 cm³/mol. The maximum Gasteiger partial charge on any atom is 0.165 e. The van der Waals surface area contributed by atoms with Crippen molar-refractivity contribution in [1.82, 2.24) is 0 Å². The number of alkyl halides is 1. The zero-order valence-corrected chi connectivity index (χ0v) is 11.0. The Hall–Kier alpha value is -0.460. The van der Waals surface area contributed by atoms with Crippen LogP contribution < -0.4 is 0 Å². The normalized spacial score (nSPS) is 15.8. The monoisotopic (exact) mass is 310 g/mol. The summed E-state index contributed by atoms with van der Waals surface area (Å²) in [5, 5.41) is 9.77. The second-order valence-corrected chi connectivity index (χ2v) is 7.27. The molecule has 0 amide bonds. The van der Waals surface area contributed by atoms with Gasteiger partial charge in [-0.3, -0.25) is 0 Å². The van der Waals surface area contributed by atoms with E-state index in [-0.39, 0.29) is 11.3 Å². The first kappa shape index (κ1) is 13.6. The maximum absolute atomic E-state index is 13.3. The molecule has 0 spiro atoms. The summed E-state index contributed by atoms with van der Waals surface area (Å²) in [6.45, 7) is 1.47. The van der Waals surface area contributed by atoms with Crippen molar-refractivity contribution in [2.24, 2.45) is 0 Å². The Kier molecular flexibility index (Phi) is 4.46. The molecule has 0 radical (unpaired) electrons. The summed E-state index contributed by atoms with van der Waals surface area (Å²) in [6, 6.07) is 5.55. The third-order valence-electron chi connectivity index (χ3n) is 2.22. The third kappa shape index (κ3) is 2.81. The van der Waals surface area contributed by atoms with Crippen LogP contribution in [0.25, 0.3) is 0 Å². The molecule has 1 N–H and O–H groups in total. The van der Waals surface area contributed by atoms with Gasteiger partial charge in [-0.1, -0.05) is 41.1 Å². The van der Waals surface area contributed by atoms with Crippen LogP contribution in [-0.4, -0.2) is 23.4 Å². The van der Waals surface area contributed by atoms with E-state index < -0.39 is 25.9 Å². The van der Waals surface area contributed by atoms with Gasteiger partial charge in [0.15, 0.2) is 9.84 Å². The Bertz CT molecular complexity index is 461. The summed E-state index contributed by atoms with van der Waals surface area (Å²) in [5.41, 5.74) is -0.0265. The van der Waals surface area contributed by atoms with E-state index in [1.54, 1.807) is 6.07 Å². The van der Waals surface area contributed by atoms with E-state index in [9.17, 15) is 17.9 Å². The van der Waals surface area contributed by atoms with E-state index in [0.717, 1.165) is 0 Å². The van der Waals surface area contributed by atoms with Gasteiger partial charge in [0, 0.05) is 11.3 Å². The highest BCUT2D eigenvalue weighted by Gasteiger charge is 2.30. The Morgan fingerprint density at radius 2 is 2.00 bits per heavy atom. The van der Waals surface area contributed by atoms with Crippen molar-refractivity contribution in [1.29, 1.82) is 0 Å². The van der Waals surface area contributed by atoms with Gasteiger partial charge in [-0.2, -0.15) is 0 Å². The Balaban J connectivity index is 3.04. The quantitative estimate of drug-likeness (QED) is 0.866. The van der Waals surface area contributed by atoms with Crippen LogP contribution in [0.15, 0.2) is 24.3 Å². The van der Waals surface area contributed by atoms with Crippen LogP contribution in [0.4, 0.5) is 4.39 Å². The second-order valence-electron chi connectivity index (χ2n) is 3.27. The van der Waals surface area contributed by atoms with Crippen molar-refractivity contribution in [3.8, 4) is 0 Å². The molecule has 0 unspecified atom stereocenters. The number of aliphatic hydroxyl groups excluding tert-OH is 1. The van der Waals surface area contributed by atoms with Gasteiger partial charge >= 0.3 is 0 Å². The van der Waals surface area contributed by atoms with Crippen molar-refractivity contribution < 1.29 is 17.9 Å². The van der Waals surface area contributed by atoms with E-state index in [1.807, 2.05) is 0 Å². The molecule has 0 saturated carbocycles. The zero-order valence-electron chi connectivity index (χ0n) is 8.60. The molecule has 1 aromatic rings. The first-order valence-electron chi connectivity index (χ1n) is 4.68. The highest BCUT2D eigenvalue weighted by molar-refractivity contribution is 9.11. The molecular formula is C10H12BrFO3S. The number of rotatable bonds is 4. The summed E-state index contributed by atoms with van der Waals surface area (Å²) >= 11 is 2.89. The summed E-state index contributed by atoms with van der Waals surface area (Å²) in [4.78, 5) is 0. The zero-order chi connectivity index (χ0) is 12.3. The lowest BCUT2D eigenvalue weighted by molar-refractivity contribution is 0.190. The van der Waals surface area contributed by atoms with Crippen LogP contribution in [0.5, 0.6) is 0 Å². The lowest BCUT2D eigenvalue weighted by Gasteiger charge is -2.17. The highest BCUT2D eigenvalue weighted by atomic mass is 79.9. The molecule has 0 fully saturated rings. The number of hydrogen-bond donors (Lipinski definition) is 1. The first-order valence-corrected chi connectivity index (χ1v) is 7.31. The molecule has 90 valence electrons. The van der Waals surface area contributed by atoms with E-state index in [1.165, 1.54) is 25.1 Å². The van der Waals surface area contributed by atoms with Gasteiger partial charge in [-0.25, -0.2) is 12.8 Å². The largest absolute Gasteiger partial charge is 0.386 e. The van der Waals surface area contributed by atoms with Crippen molar-refractivity contribution in [3.63, 3.8) is 0 Å². The molecule has 0 bridgehead atoms. The molecule has 3 nitrogen and oxygen atoms in total. The maximum atomic E-state index is 13.3. The van der Waals surface area contributed by atoms with E-state index in [0.29, 0.717) is 0 Å². The minimum absolute atomic E-state index is 0.0265. The van der Waals surface area contributed by atoms with Crippen molar-refractivity contribution in [2.75, 3.05) is 5.75 Å². The fourth-order valence-corrected chi connectivity index (χ4v) is 3.15. The predicted octanol–water partition coefficient (Wildman–Crippen LogP) is 2.01. The van der Waals surface area contributed by atoms with Crippen molar-refractivity contribution in [2.45, 2.75) is 17.2 Å². The molecule has 0 saturated heterocycles. The Morgan fingerprint density at radius 1 is 1.44 bits per heavy atom. The number of hydrogen-bond acceptors (Lipinski definition) is 3. The topological polar surface area (TPSA) is 54.4 Å². The Labute approximate surface area is 102 Å². The van der Waals surface area contributed by atoms with Gasteiger partial charge in [0.1, 0.15) is 16.1 Å². The molecule has 0 aromatic heterocycles. The number of sulfone groups is 1. The van der Waals surface area contributed by atoms with Gasteiger partial charge in [-0.15, -0.1) is 0 Å². The second kappa shape index (κ2) is 5.25. The standard InChI is InChI=1S/C10H12BrFO3S/c1-2-16(14,15)10(11)9(13)7-5-3-4-6-8(7)12/h3-6,9-10,13H,2H2,1H3/t9-,10+/m1/s1. The molecule has 0 aliphatic heterocycles. The average molecular weight is 311 g/mol. The van der Waals surface area contributed by atoms with E-state index in [4.69, 9.17) is 0 Å². The molecule has 0 aliphatic carbocycles. The first-order chi connectivity index (χ1) is 7.40. The number of halogens is 2. The van der Waals surface area contributed by atoms with Gasteiger partial charge in [0.2, 0.25) is 0 Å². The molecule has 0 aliphatic rings. The van der Waals surface area contributed by atoms with Crippen LogP contribution in [0, 0.1) is 5.82 Å². The summed E-state index contributed by atoms with van der Waals surface area (Å²) < 4.78 is 35.1. The molecule has 2 atom stereocenters. The van der Waals surface area contributed by atoms with Crippen LogP contribution in [0.3, 0.4) is 0 Å². The molecule has 16 heavy (non-hydrogen) atoms. The lowest BCUT2D eigenvalue weighted by atomic mass is 10.1. The molecule has 0 heterocycles. The lowest BCUT2D eigenvalue weighted by Crippen LogP contribution is -2.24. The fourth-order valence-electron chi connectivity index (χ4n) is 1.21. The molecule has 1 aromatic carbocycles. The van der Waals surface area contributed by atoms with Crippen molar-refractivity contribution in [3.05, 3.63) is 35.6 Å². The third-order valence-corrected chi connectivity index (χ3v) is 6.18. The molecule has 6 heteroatoms. The molecular weight excluding hydrogens is 299 g/mol. The van der Waals surface area contributed by atoms with Crippen LogP contribution >= 0.6 is 15.9 Å². The van der Waals surface area contributed by atoms with Crippen LogP contribution in [0.2, 0.25) is 0 Å². The minimum Gasteiger partial charge on any atom is -0.386 e. The van der Waals surface area contributed by atoms with Crippen LogP contribution in [-0.2, 0) is 9.84 Å². The number of benzene rings is 1. The van der Waals surface area contributed by atoms with Gasteiger partial charge in [-0.05, 0) is 6.07 Å². The van der Waals surface area contributed by atoms with E-state index in [2.05, 4.69) is 15.9 Å². The fraction of sp³-hybridized carbons (Fsp3) is 0.400. The average Bonchev–Trinajstić information content (AvgIpc) is 2.27. The van der Waals surface area contributed by atoms with Crippen molar-refractivity contribution >= 4 is 25.8 Å². The summed E-state index contributed by atoms with van der Waals surface area (Å²) in [5.74, 6) is -0.736. The van der Waals surface area contributed by atoms with Gasteiger partial charge < -0.3 is 5.11 Å².